The van der Waals surface area contributed by atoms with E-state index in [4.69, 9.17) is 10.5 Å². The molecule has 1 aliphatic heterocycles. The summed E-state index contributed by atoms with van der Waals surface area (Å²) < 4.78 is 36.8. The number of hydrogen-bond acceptors (Lipinski definition) is 10. The highest BCUT2D eigenvalue weighted by Gasteiger charge is 2.26. The molecule has 2 N–H and O–H groups in total. The number of rotatable bonds is 6. The number of imide groups is 1. The Morgan fingerprint density at radius 3 is 1.53 bits per heavy atom. The molecule has 1 aliphatic rings. The zero-order chi connectivity index (χ0) is 36.7. The van der Waals surface area contributed by atoms with E-state index in [1.165, 1.54) is 26.4 Å². The lowest BCUT2D eigenvalue weighted by Crippen LogP contribution is -2.55. The maximum absolute atomic E-state index is 13.6. The predicted molar refractivity (Wildman–Crippen MR) is 178 cm³/mol. The van der Waals surface area contributed by atoms with E-state index in [2.05, 4.69) is 64.5 Å². The van der Waals surface area contributed by atoms with Gasteiger partial charge in [0.2, 0.25) is 11.8 Å². The minimum atomic E-state index is -0.659. The van der Waals surface area contributed by atoms with Crippen LogP contribution < -0.4 is 10.9 Å². The fourth-order valence-corrected chi connectivity index (χ4v) is 4.07. The molecule has 256 valence electrons. The van der Waals surface area contributed by atoms with Crippen molar-refractivity contribution in [2.24, 2.45) is 0 Å². The van der Waals surface area contributed by atoms with Crippen molar-refractivity contribution in [3.05, 3.63) is 69.3 Å². The van der Waals surface area contributed by atoms with Crippen molar-refractivity contribution in [1.82, 2.24) is 14.8 Å². The summed E-state index contributed by atoms with van der Waals surface area (Å²) in [6, 6.07) is 10.4. The first-order valence-electron chi connectivity index (χ1n) is 13.9. The molecule has 0 atom stereocenters. The van der Waals surface area contributed by atoms with E-state index in [-0.39, 0.29) is 22.9 Å². The van der Waals surface area contributed by atoms with Gasteiger partial charge in [0.05, 0.1) is 53.6 Å². The third-order valence-electron chi connectivity index (χ3n) is 6.35. The molecule has 1 heterocycles. The number of carbonyl (C=O) groups is 4. The zero-order valence-electron chi connectivity index (χ0n) is 27.7. The van der Waals surface area contributed by atoms with Gasteiger partial charge in [-0.2, -0.15) is 10.5 Å². The number of halogens is 4. The first-order valence-corrected chi connectivity index (χ1v) is 15.7. The number of esters is 2. The van der Waals surface area contributed by atoms with Gasteiger partial charge in [-0.1, -0.05) is 28.1 Å². The number of nitrogens with one attached hydrogen (secondary N) is 2. The van der Waals surface area contributed by atoms with Crippen molar-refractivity contribution < 1.29 is 37.4 Å². The average molecular weight is 787 g/mol. The summed E-state index contributed by atoms with van der Waals surface area (Å²) in [5, 5.41) is 17.8. The SMILES string of the molecule is CC(C)(C#N)NNC(C)(C)C#N.COC(=O)c1ccc(C)c(C)c1F.COC(=O)c1ccc(CBr)c(C)c1F.O=C1CCC(=O)N1Br. The fraction of sp³-hybridized carbons (Fsp3) is 0.438. The van der Waals surface area contributed by atoms with Crippen molar-refractivity contribution in [1.29, 1.82) is 10.5 Å². The van der Waals surface area contributed by atoms with Gasteiger partial charge in [0.15, 0.2) is 0 Å². The number of alkyl halides is 1. The Morgan fingerprint density at radius 2 is 1.21 bits per heavy atom. The normalized spacial score (nSPS) is 12.2. The zero-order valence-corrected chi connectivity index (χ0v) is 30.9. The molecule has 0 spiro atoms. The quantitative estimate of drug-likeness (QED) is 0.114. The maximum Gasteiger partial charge on any atom is 0.340 e. The van der Waals surface area contributed by atoms with Gasteiger partial charge in [0.25, 0.3) is 0 Å². The van der Waals surface area contributed by atoms with Crippen LogP contribution in [0.25, 0.3) is 0 Å². The molecule has 1 fully saturated rings. The average Bonchev–Trinajstić information content (AvgIpc) is 3.35. The van der Waals surface area contributed by atoms with Crippen LogP contribution in [0.4, 0.5) is 8.78 Å². The van der Waals surface area contributed by atoms with Gasteiger partial charge in [-0.15, -0.1) is 0 Å². The summed E-state index contributed by atoms with van der Waals surface area (Å²) in [7, 11) is 2.46. The summed E-state index contributed by atoms with van der Waals surface area (Å²) in [6.07, 6.45) is 0.703. The first kappa shape index (κ1) is 43.2. The van der Waals surface area contributed by atoms with Crippen molar-refractivity contribution in [3.8, 4) is 12.1 Å². The number of benzene rings is 2. The third kappa shape index (κ3) is 13.9. The van der Waals surface area contributed by atoms with Gasteiger partial charge in [0.1, 0.15) is 22.7 Å². The van der Waals surface area contributed by atoms with Gasteiger partial charge in [-0.25, -0.2) is 33.1 Å². The molecule has 11 nitrogen and oxygen atoms in total. The largest absolute Gasteiger partial charge is 0.465 e. The molecule has 0 bridgehead atoms. The molecule has 0 saturated carbocycles. The number of hydrogen-bond donors (Lipinski definition) is 2. The monoisotopic (exact) mass is 785 g/mol. The van der Waals surface area contributed by atoms with E-state index in [9.17, 15) is 28.0 Å². The molecule has 0 aliphatic carbocycles. The predicted octanol–water partition coefficient (Wildman–Crippen LogP) is 6.18. The minimum Gasteiger partial charge on any atom is -0.465 e. The van der Waals surface area contributed by atoms with Crippen molar-refractivity contribution in [2.75, 3.05) is 14.2 Å². The van der Waals surface area contributed by atoms with E-state index in [0.29, 0.717) is 29.3 Å². The number of aryl methyl sites for hydroxylation is 1. The number of hydrazine groups is 1. The van der Waals surface area contributed by atoms with E-state index in [1.807, 2.05) is 0 Å². The summed E-state index contributed by atoms with van der Waals surface area (Å²) in [5.74, 6) is -2.57. The maximum atomic E-state index is 13.6. The molecule has 0 aromatic heterocycles. The number of amides is 2. The van der Waals surface area contributed by atoms with E-state index < -0.39 is 34.7 Å². The molecule has 2 aromatic rings. The van der Waals surface area contributed by atoms with Crippen LogP contribution in [0, 0.1) is 55.1 Å². The summed E-state index contributed by atoms with van der Waals surface area (Å²) in [5.41, 5.74) is 6.81. The van der Waals surface area contributed by atoms with Crippen molar-refractivity contribution >= 4 is 55.8 Å². The van der Waals surface area contributed by atoms with Crippen LogP contribution in [0.15, 0.2) is 24.3 Å². The lowest BCUT2D eigenvalue weighted by atomic mass is 10.1. The topological polar surface area (TPSA) is 162 Å². The van der Waals surface area contributed by atoms with E-state index in [1.54, 1.807) is 60.6 Å². The van der Waals surface area contributed by atoms with Gasteiger partial charge >= 0.3 is 11.9 Å². The van der Waals surface area contributed by atoms with Crippen molar-refractivity contribution in [2.45, 2.75) is 77.7 Å². The van der Waals surface area contributed by atoms with E-state index in [0.717, 1.165) is 15.1 Å². The molecular weight excluding hydrogens is 748 g/mol. The molecule has 2 amide bonds. The van der Waals surface area contributed by atoms with Crippen LogP contribution in [-0.2, 0) is 24.4 Å². The van der Waals surface area contributed by atoms with Crippen LogP contribution in [0.1, 0.15) is 83.5 Å². The van der Waals surface area contributed by atoms with Crippen LogP contribution in [0.3, 0.4) is 0 Å². The second kappa shape index (κ2) is 19.8. The summed E-state index contributed by atoms with van der Waals surface area (Å²) in [4.78, 5) is 43.0. The van der Waals surface area contributed by atoms with Gasteiger partial charge in [0, 0.05) is 18.2 Å². The standard InChI is InChI=1S/C10H10BrFO2.C10H11FO2.C8H14N4.C4H4BrNO2/c1-6-7(5-11)3-4-8(9(6)12)10(13)14-2;1-6-4-5-8(10(12)13-3)9(11)7(6)2;1-7(2,5-9)11-12-8(3,4)6-10;5-6-3(7)1-2-4(6)8/h3-4H,5H2,1-2H3;4-5H,1-3H3;11-12H,1-4H3;1-2H2. The summed E-state index contributed by atoms with van der Waals surface area (Å²) >= 11 is 6.04. The van der Waals surface area contributed by atoms with Crippen molar-refractivity contribution in [3.63, 3.8) is 0 Å². The Morgan fingerprint density at radius 1 is 0.830 bits per heavy atom. The van der Waals surface area contributed by atoms with Crippen LogP contribution in [0.2, 0.25) is 0 Å². The Hall–Kier alpha value is -3.76. The van der Waals surface area contributed by atoms with E-state index >= 15 is 0 Å². The Balaban J connectivity index is 0.000000610. The molecule has 2 aromatic carbocycles. The Bertz CT molecular complexity index is 1500. The Kier molecular flexibility index (Phi) is 18.2. The number of ether oxygens (including phenoxy) is 2. The lowest BCUT2D eigenvalue weighted by molar-refractivity contribution is -0.131. The second-order valence-corrected chi connectivity index (χ2v) is 12.3. The third-order valence-corrected chi connectivity index (χ3v) is 7.74. The molecule has 47 heavy (non-hydrogen) atoms. The highest BCUT2D eigenvalue weighted by atomic mass is 79.9. The Labute approximate surface area is 291 Å². The molecule has 0 radical (unpaired) electrons. The number of methoxy groups -OCH3 is 2. The second-order valence-electron chi connectivity index (χ2n) is 11.0. The van der Waals surface area contributed by atoms with Crippen LogP contribution in [0.5, 0.6) is 0 Å². The number of carbonyl (C=O) groups excluding carboxylic acids is 4. The highest BCUT2D eigenvalue weighted by Crippen LogP contribution is 2.20. The number of nitrogens with zero attached hydrogens (tertiary/aromatic N) is 3. The first-order chi connectivity index (χ1) is 21.7. The highest BCUT2D eigenvalue weighted by molar-refractivity contribution is 9.08. The van der Waals surface area contributed by atoms with Crippen LogP contribution >= 0.6 is 32.1 Å². The molecular formula is C32H39Br2F2N5O6. The molecule has 1 saturated heterocycles. The minimum absolute atomic E-state index is 0.00870. The van der Waals surface area contributed by atoms with Gasteiger partial charge < -0.3 is 9.47 Å². The van der Waals surface area contributed by atoms with Crippen LogP contribution in [-0.4, -0.2) is 53.0 Å². The molecule has 15 heteroatoms. The molecule has 0 unspecified atom stereocenters. The lowest BCUT2D eigenvalue weighted by Gasteiger charge is -2.24. The van der Waals surface area contributed by atoms with Gasteiger partial charge in [-0.3, -0.25) is 9.59 Å². The van der Waals surface area contributed by atoms with Gasteiger partial charge in [-0.05, 0) is 82.9 Å². The smallest absolute Gasteiger partial charge is 0.340 e. The molecule has 3 rings (SSSR count). The number of nitriles is 2. The summed E-state index contributed by atoms with van der Waals surface area (Å²) in [6.45, 7) is 12.0. The fourth-order valence-electron chi connectivity index (χ4n) is 3.10.